The summed E-state index contributed by atoms with van der Waals surface area (Å²) >= 11 is 0. The van der Waals surface area contributed by atoms with E-state index in [-0.39, 0.29) is 0 Å². The molecule has 0 saturated heterocycles. The molecule has 0 N–H and O–H groups in total. The lowest BCUT2D eigenvalue weighted by Gasteiger charge is -2.02. The van der Waals surface area contributed by atoms with Gasteiger partial charge in [0.15, 0.2) is 0 Å². The quantitative estimate of drug-likeness (QED) is 0.628. The van der Waals surface area contributed by atoms with Crippen molar-refractivity contribution in [2.24, 2.45) is 0 Å². The van der Waals surface area contributed by atoms with E-state index in [1.807, 2.05) is 18.2 Å². The molecule has 0 aliphatic carbocycles. The van der Waals surface area contributed by atoms with Crippen LogP contribution in [0.4, 0.5) is 0 Å². The van der Waals surface area contributed by atoms with E-state index < -0.39 is 0 Å². The van der Waals surface area contributed by atoms with Crippen molar-refractivity contribution >= 4 is 11.6 Å². The molecule has 0 aliphatic rings. The van der Waals surface area contributed by atoms with Gasteiger partial charge in [-0.05, 0) is 29.2 Å². The van der Waals surface area contributed by atoms with Gasteiger partial charge in [0.25, 0.3) is 0 Å². The third-order valence-electron chi connectivity index (χ3n) is 1.96. The van der Waals surface area contributed by atoms with Crippen molar-refractivity contribution in [3.63, 3.8) is 0 Å². The Bertz CT molecular complexity index is 295. The van der Waals surface area contributed by atoms with Gasteiger partial charge in [-0.3, -0.25) is 0 Å². The summed E-state index contributed by atoms with van der Waals surface area (Å²) in [5.41, 5.74) is 3.55. The zero-order valence-electron chi connectivity index (χ0n) is 7.51. The summed E-state index contributed by atoms with van der Waals surface area (Å²) in [6, 6.07) is 8.27. The Kier molecular flexibility index (Phi) is 2.87. The van der Waals surface area contributed by atoms with E-state index in [1.54, 1.807) is 0 Å². The molecule has 0 saturated carbocycles. The molecule has 1 aromatic carbocycles. The fourth-order valence-electron chi connectivity index (χ4n) is 1.09. The van der Waals surface area contributed by atoms with E-state index >= 15 is 0 Å². The van der Waals surface area contributed by atoms with Crippen LogP contribution in [0.1, 0.15) is 24.5 Å². The van der Waals surface area contributed by atoms with E-state index in [0.29, 0.717) is 0 Å². The summed E-state index contributed by atoms with van der Waals surface area (Å²) in [6.45, 7) is 9.83. The maximum absolute atomic E-state index is 3.98. The third kappa shape index (κ3) is 1.85. The molecule has 62 valence electrons. The molecule has 0 heterocycles. The van der Waals surface area contributed by atoms with Crippen LogP contribution in [0.25, 0.3) is 11.6 Å². The first-order chi connectivity index (χ1) is 5.77. The first-order valence-electron chi connectivity index (χ1n) is 4.18. The van der Waals surface area contributed by atoms with Gasteiger partial charge in [0.05, 0.1) is 0 Å². The fourth-order valence-corrected chi connectivity index (χ4v) is 1.09. The van der Waals surface area contributed by atoms with Crippen LogP contribution in [0.5, 0.6) is 0 Å². The Morgan fingerprint density at radius 1 is 1.50 bits per heavy atom. The second-order valence-electron chi connectivity index (χ2n) is 2.79. The van der Waals surface area contributed by atoms with E-state index in [0.717, 1.165) is 12.0 Å². The van der Waals surface area contributed by atoms with Crippen LogP contribution < -0.4 is 0 Å². The van der Waals surface area contributed by atoms with Gasteiger partial charge < -0.3 is 0 Å². The molecule has 0 radical (unpaired) electrons. The standard InChI is InChI=1S/C12H14/c1-4-10(3)12-8-6-7-11(5-2)9-12/h5-9H,2-4H2,1H3. The molecular weight excluding hydrogens is 144 g/mol. The van der Waals surface area contributed by atoms with Crippen LogP contribution in [0.3, 0.4) is 0 Å². The van der Waals surface area contributed by atoms with Gasteiger partial charge >= 0.3 is 0 Å². The van der Waals surface area contributed by atoms with Crippen molar-refractivity contribution < 1.29 is 0 Å². The zero-order valence-corrected chi connectivity index (χ0v) is 7.51. The van der Waals surface area contributed by atoms with Gasteiger partial charge in [0.2, 0.25) is 0 Å². The first kappa shape index (κ1) is 8.79. The minimum atomic E-state index is 1.00. The van der Waals surface area contributed by atoms with E-state index in [2.05, 4.69) is 32.2 Å². The molecule has 1 aromatic rings. The molecule has 0 bridgehead atoms. The van der Waals surface area contributed by atoms with Gasteiger partial charge in [-0.15, -0.1) is 0 Å². The van der Waals surface area contributed by atoms with Crippen LogP contribution in [-0.2, 0) is 0 Å². The maximum atomic E-state index is 3.98. The van der Waals surface area contributed by atoms with E-state index in [1.165, 1.54) is 11.1 Å². The smallest absolute Gasteiger partial charge is 0.0225 e. The zero-order chi connectivity index (χ0) is 8.97. The summed E-state index contributed by atoms with van der Waals surface area (Å²) in [5, 5.41) is 0. The molecule has 0 fully saturated rings. The molecule has 0 spiro atoms. The van der Waals surface area contributed by atoms with E-state index in [4.69, 9.17) is 0 Å². The lowest BCUT2D eigenvalue weighted by molar-refractivity contribution is 1.24. The minimum Gasteiger partial charge on any atom is -0.0985 e. The Hall–Kier alpha value is -1.30. The van der Waals surface area contributed by atoms with Crippen LogP contribution in [0, 0.1) is 0 Å². The Morgan fingerprint density at radius 2 is 2.25 bits per heavy atom. The van der Waals surface area contributed by atoms with Crippen LogP contribution in [-0.4, -0.2) is 0 Å². The van der Waals surface area contributed by atoms with Crippen molar-refractivity contribution in [2.45, 2.75) is 13.3 Å². The number of hydrogen-bond acceptors (Lipinski definition) is 0. The molecule has 0 aliphatic heterocycles. The molecule has 0 aromatic heterocycles. The largest absolute Gasteiger partial charge is 0.0985 e. The van der Waals surface area contributed by atoms with Crippen molar-refractivity contribution in [3.8, 4) is 0 Å². The highest BCUT2D eigenvalue weighted by molar-refractivity contribution is 5.65. The minimum absolute atomic E-state index is 1.00. The fraction of sp³-hybridized carbons (Fsp3) is 0.167. The number of hydrogen-bond donors (Lipinski definition) is 0. The normalized spacial score (nSPS) is 9.42. The maximum Gasteiger partial charge on any atom is -0.0225 e. The highest BCUT2D eigenvalue weighted by Gasteiger charge is 1.95. The molecule has 0 amide bonds. The number of benzene rings is 1. The monoisotopic (exact) mass is 158 g/mol. The SMILES string of the molecule is C=Cc1cccc(C(=C)CC)c1. The average molecular weight is 158 g/mol. The molecule has 0 nitrogen and oxygen atoms in total. The summed E-state index contributed by atoms with van der Waals surface area (Å²) in [5.74, 6) is 0. The molecule has 0 atom stereocenters. The first-order valence-corrected chi connectivity index (χ1v) is 4.18. The van der Waals surface area contributed by atoms with Crippen LogP contribution in [0.2, 0.25) is 0 Å². The van der Waals surface area contributed by atoms with Crippen molar-refractivity contribution in [1.82, 2.24) is 0 Å². The lowest BCUT2D eigenvalue weighted by atomic mass is 10.0. The molecule has 1 rings (SSSR count). The molecule has 0 unspecified atom stereocenters. The molecule has 12 heavy (non-hydrogen) atoms. The summed E-state index contributed by atoms with van der Waals surface area (Å²) in [6.07, 6.45) is 2.85. The summed E-state index contributed by atoms with van der Waals surface area (Å²) in [4.78, 5) is 0. The van der Waals surface area contributed by atoms with E-state index in [9.17, 15) is 0 Å². The van der Waals surface area contributed by atoms with Gasteiger partial charge in [-0.1, -0.05) is 44.4 Å². The van der Waals surface area contributed by atoms with Crippen molar-refractivity contribution in [3.05, 3.63) is 48.6 Å². The third-order valence-corrected chi connectivity index (χ3v) is 1.96. The summed E-state index contributed by atoms with van der Waals surface area (Å²) < 4.78 is 0. The van der Waals surface area contributed by atoms with Gasteiger partial charge in [-0.25, -0.2) is 0 Å². The second-order valence-corrected chi connectivity index (χ2v) is 2.79. The molecular formula is C12H14. The average Bonchev–Trinajstić information content (AvgIpc) is 2.17. The highest BCUT2D eigenvalue weighted by atomic mass is 14.0. The van der Waals surface area contributed by atoms with Gasteiger partial charge in [0, 0.05) is 0 Å². The molecule has 0 heteroatoms. The number of rotatable bonds is 3. The highest BCUT2D eigenvalue weighted by Crippen LogP contribution is 2.17. The number of allylic oxidation sites excluding steroid dienone is 1. The van der Waals surface area contributed by atoms with Crippen molar-refractivity contribution in [2.75, 3.05) is 0 Å². The van der Waals surface area contributed by atoms with Gasteiger partial charge in [0.1, 0.15) is 0 Å². The van der Waals surface area contributed by atoms with Crippen LogP contribution in [0.15, 0.2) is 37.4 Å². The van der Waals surface area contributed by atoms with Crippen molar-refractivity contribution in [1.29, 1.82) is 0 Å². The Labute approximate surface area is 74.2 Å². The summed E-state index contributed by atoms with van der Waals surface area (Å²) in [7, 11) is 0. The Morgan fingerprint density at radius 3 is 2.83 bits per heavy atom. The van der Waals surface area contributed by atoms with Gasteiger partial charge in [-0.2, -0.15) is 0 Å². The predicted octanol–water partition coefficient (Wildman–Crippen LogP) is 3.75. The topological polar surface area (TPSA) is 0 Å². The predicted molar refractivity (Wildman–Crippen MR) is 55.9 cm³/mol. The lowest BCUT2D eigenvalue weighted by Crippen LogP contribution is -1.81. The second kappa shape index (κ2) is 3.91. The Balaban J connectivity index is 3.01. The van der Waals surface area contributed by atoms with Crippen LogP contribution >= 0.6 is 0 Å².